The summed E-state index contributed by atoms with van der Waals surface area (Å²) < 4.78 is 66.7. The van der Waals surface area contributed by atoms with Gasteiger partial charge in [-0.2, -0.15) is 13.2 Å². The van der Waals surface area contributed by atoms with E-state index in [2.05, 4.69) is 20.0 Å². The smallest absolute Gasteiger partial charge is 0.425 e. The molecule has 5 nitrogen and oxygen atoms in total. The first-order chi connectivity index (χ1) is 11.2. The van der Waals surface area contributed by atoms with Gasteiger partial charge in [-0.1, -0.05) is 0 Å². The van der Waals surface area contributed by atoms with Crippen LogP contribution >= 0.6 is 0 Å². The largest absolute Gasteiger partial charge is 0.465 e. The van der Waals surface area contributed by atoms with Gasteiger partial charge in [-0.3, -0.25) is 4.79 Å². The van der Waals surface area contributed by atoms with Gasteiger partial charge in [0.1, 0.15) is 6.33 Å². The molecule has 134 valence electrons. The zero-order valence-corrected chi connectivity index (χ0v) is 12.7. The zero-order valence-electron chi connectivity index (χ0n) is 12.7. The van der Waals surface area contributed by atoms with Crippen molar-refractivity contribution >= 4 is 5.91 Å². The summed E-state index contributed by atoms with van der Waals surface area (Å²) in [5.74, 6) is -1.85. The van der Waals surface area contributed by atoms with Crippen molar-refractivity contribution in [2.45, 2.75) is 45.0 Å². The summed E-state index contributed by atoms with van der Waals surface area (Å²) in [7, 11) is 0. The maximum Gasteiger partial charge on any atom is 0.425 e. The van der Waals surface area contributed by atoms with E-state index in [1.807, 2.05) is 0 Å². The molecule has 24 heavy (non-hydrogen) atoms. The van der Waals surface area contributed by atoms with E-state index in [4.69, 9.17) is 0 Å². The molecule has 0 bridgehead atoms. The molecular formula is C14H16F5N3O2. The quantitative estimate of drug-likeness (QED) is 0.799. The van der Waals surface area contributed by atoms with Crippen molar-refractivity contribution in [3.63, 3.8) is 0 Å². The minimum absolute atomic E-state index is 0.0477. The number of carbonyl (C=O) groups excluding carboxylic acids is 1. The molecule has 10 heteroatoms. The molecule has 0 unspecified atom stereocenters. The Balaban J connectivity index is 1.83. The van der Waals surface area contributed by atoms with Crippen LogP contribution in [0.25, 0.3) is 0 Å². The maximum atomic E-state index is 12.4. The van der Waals surface area contributed by atoms with E-state index in [1.165, 1.54) is 6.07 Å². The molecule has 1 atom stereocenters. The highest BCUT2D eigenvalue weighted by molar-refractivity contribution is 5.79. The summed E-state index contributed by atoms with van der Waals surface area (Å²) in [6.07, 6.45) is -7.70. The number of aromatic nitrogens is 2. The Hall–Kier alpha value is -2.00. The average Bonchev–Trinajstić information content (AvgIpc) is 2.42. The lowest BCUT2D eigenvalue weighted by Crippen LogP contribution is -2.40. The van der Waals surface area contributed by atoms with Crippen LogP contribution in [0.15, 0.2) is 12.4 Å². The summed E-state index contributed by atoms with van der Waals surface area (Å²) in [5.41, 5.74) is 0.257. The van der Waals surface area contributed by atoms with Crippen molar-refractivity contribution in [1.82, 2.24) is 15.3 Å². The Bertz CT molecular complexity index is 576. The number of ether oxygens (including phenoxy) is 1. The molecule has 1 amide bonds. The summed E-state index contributed by atoms with van der Waals surface area (Å²) >= 11 is 0. The van der Waals surface area contributed by atoms with Crippen LogP contribution in [0.5, 0.6) is 5.88 Å². The van der Waals surface area contributed by atoms with Gasteiger partial charge in [0.05, 0.1) is 12.2 Å². The molecule has 1 fully saturated rings. The zero-order chi connectivity index (χ0) is 17.9. The molecule has 1 aromatic heterocycles. The van der Waals surface area contributed by atoms with Crippen LogP contribution in [0.1, 0.15) is 25.5 Å². The third-order valence-corrected chi connectivity index (χ3v) is 3.80. The van der Waals surface area contributed by atoms with Crippen molar-refractivity contribution in [2.75, 3.05) is 0 Å². The second-order valence-electron chi connectivity index (χ2n) is 5.63. The number of alkyl halides is 5. The lowest BCUT2D eigenvalue weighted by atomic mass is 9.74. The normalized spacial score (nSPS) is 22.0. The molecule has 0 saturated heterocycles. The number of halogens is 5. The van der Waals surface area contributed by atoms with E-state index in [0.29, 0.717) is 0 Å². The van der Waals surface area contributed by atoms with Gasteiger partial charge in [-0.25, -0.2) is 18.7 Å². The van der Waals surface area contributed by atoms with Crippen LogP contribution in [0.2, 0.25) is 0 Å². The van der Waals surface area contributed by atoms with Gasteiger partial charge in [0.2, 0.25) is 18.2 Å². The number of amides is 1. The molecule has 0 spiro atoms. The van der Waals surface area contributed by atoms with Gasteiger partial charge in [0, 0.05) is 17.9 Å². The van der Waals surface area contributed by atoms with Crippen LogP contribution in [0.4, 0.5) is 22.0 Å². The van der Waals surface area contributed by atoms with E-state index in [9.17, 15) is 26.7 Å². The number of hydrogen-bond acceptors (Lipinski definition) is 4. The first-order valence-corrected chi connectivity index (χ1v) is 7.27. The number of rotatable bonds is 6. The molecule has 1 aromatic rings. The monoisotopic (exact) mass is 353 g/mol. The lowest BCUT2D eigenvalue weighted by molar-refractivity contribution is -0.190. The van der Waals surface area contributed by atoms with Crippen LogP contribution in [0, 0.1) is 11.8 Å². The third-order valence-electron chi connectivity index (χ3n) is 3.80. The number of hydrogen-bond donors (Lipinski definition) is 1. The number of nitrogens with zero attached hydrogens (tertiary/aromatic N) is 2. The molecular weight excluding hydrogens is 337 g/mol. The predicted molar refractivity (Wildman–Crippen MR) is 72.2 cm³/mol. The first kappa shape index (κ1) is 18.3. The molecule has 1 N–H and O–H groups in total. The topological polar surface area (TPSA) is 64.1 Å². The fourth-order valence-corrected chi connectivity index (χ4v) is 2.19. The molecule has 1 aliphatic rings. The van der Waals surface area contributed by atoms with Crippen molar-refractivity contribution in [1.29, 1.82) is 0 Å². The van der Waals surface area contributed by atoms with Crippen molar-refractivity contribution in [2.24, 2.45) is 11.8 Å². The van der Waals surface area contributed by atoms with Gasteiger partial charge in [-0.05, 0) is 19.8 Å². The van der Waals surface area contributed by atoms with Gasteiger partial charge >= 0.3 is 6.18 Å². The molecule has 1 aliphatic carbocycles. The van der Waals surface area contributed by atoms with Crippen molar-refractivity contribution in [3.05, 3.63) is 18.1 Å². The Morgan fingerprint density at radius 1 is 1.38 bits per heavy atom. The van der Waals surface area contributed by atoms with Crippen molar-refractivity contribution < 1.29 is 31.5 Å². The minimum atomic E-state index is -4.52. The first-order valence-electron chi connectivity index (χ1n) is 7.27. The third kappa shape index (κ3) is 4.75. The summed E-state index contributed by atoms with van der Waals surface area (Å²) in [6.45, 7) is 0.799. The minimum Gasteiger partial charge on any atom is -0.465 e. The molecule has 1 heterocycles. The number of carbonyl (C=O) groups is 1. The molecule has 2 rings (SSSR count). The van der Waals surface area contributed by atoms with Gasteiger partial charge < -0.3 is 10.1 Å². The van der Waals surface area contributed by atoms with Gasteiger partial charge in [0.25, 0.3) is 0 Å². The maximum absolute atomic E-state index is 12.4. The van der Waals surface area contributed by atoms with E-state index in [-0.39, 0.29) is 36.9 Å². The highest BCUT2D eigenvalue weighted by Gasteiger charge is 2.40. The fraction of sp³-hybridized carbons (Fsp3) is 0.643. The summed E-state index contributed by atoms with van der Waals surface area (Å²) in [5, 5.41) is 2.52. The standard InChI is InChI=1S/C14H16F5N3O2/c1-7(14(17,18)19)24-11-4-10(21-6-22-11)5-20-13(23)9-2-8(3-9)12(15)16/h4,6-9,12H,2-3,5H2,1H3,(H,20,23)/t7-,8?,9?/m1/s1. The van der Waals surface area contributed by atoms with E-state index in [0.717, 1.165) is 13.3 Å². The summed E-state index contributed by atoms with van der Waals surface area (Å²) in [4.78, 5) is 19.2. The Labute approximate surface area is 134 Å². The highest BCUT2D eigenvalue weighted by atomic mass is 19.4. The molecule has 1 saturated carbocycles. The molecule has 0 aromatic carbocycles. The van der Waals surface area contributed by atoms with Crippen LogP contribution in [0.3, 0.4) is 0 Å². The average molecular weight is 353 g/mol. The van der Waals surface area contributed by atoms with Crippen molar-refractivity contribution in [3.8, 4) is 5.88 Å². The molecule has 0 radical (unpaired) electrons. The van der Waals surface area contributed by atoms with E-state index < -0.39 is 30.5 Å². The van der Waals surface area contributed by atoms with Crippen LogP contribution < -0.4 is 10.1 Å². The predicted octanol–water partition coefficient (Wildman–Crippen LogP) is 2.71. The van der Waals surface area contributed by atoms with E-state index in [1.54, 1.807) is 0 Å². The van der Waals surface area contributed by atoms with Crippen LogP contribution in [-0.2, 0) is 11.3 Å². The molecule has 0 aliphatic heterocycles. The second kappa shape index (κ2) is 7.27. The van der Waals surface area contributed by atoms with Gasteiger partial charge in [0.15, 0.2) is 6.10 Å². The number of nitrogens with one attached hydrogen (secondary N) is 1. The van der Waals surface area contributed by atoms with Gasteiger partial charge in [-0.15, -0.1) is 0 Å². The Morgan fingerprint density at radius 3 is 2.62 bits per heavy atom. The van der Waals surface area contributed by atoms with E-state index >= 15 is 0 Å². The lowest BCUT2D eigenvalue weighted by Gasteiger charge is -2.33. The van der Waals surface area contributed by atoms with Crippen LogP contribution in [-0.4, -0.2) is 34.6 Å². The fourth-order valence-electron chi connectivity index (χ4n) is 2.19. The summed E-state index contributed by atoms with van der Waals surface area (Å²) in [6, 6.07) is 1.19. The Kier molecular flexibility index (Phi) is 5.55. The second-order valence-corrected chi connectivity index (χ2v) is 5.63. The Morgan fingerprint density at radius 2 is 2.04 bits per heavy atom. The highest BCUT2D eigenvalue weighted by Crippen LogP contribution is 2.37. The SMILES string of the molecule is C[C@@H](Oc1cc(CNC(=O)C2CC(C(F)F)C2)ncn1)C(F)(F)F.